The second-order valence-electron chi connectivity index (χ2n) is 8.20. The molecule has 1 unspecified atom stereocenters. The molecule has 1 aliphatic carbocycles. The summed E-state index contributed by atoms with van der Waals surface area (Å²) in [6, 6.07) is 0. The van der Waals surface area contributed by atoms with Gasteiger partial charge in [-0.05, 0) is 43.8 Å². The summed E-state index contributed by atoms with van der Waals surface area (Å²) >= 11 is 0. The minimum atomic E-state index is -1.69. The summed E-state index contributed by atoms with van der Waals surface area (Å²) < 4.78 is 6.42. The average Bonchev–Trinajstić information content (AvgIpc) is 2.45. The van der Waals surface area contributed by atoms with E-state index in [1.54, 1.807) is 0 Å². The van der Waals surface area contributed by atoms with Crippen LogP contribution in [0.4, 0.5) is 0 Å². The first kappa shape index (κ1) is 19.5. The summed E-state index contributed by atoms with van der Waals surface area (Å²) in [6.07, 6.45) is 12.1. The first-order valence-corrected chi connectivity index (χ1v) is 12.0. The standard InChI is InChI=1S/C20H36OSi/c1-7-19(21-22(5,6)20(2,3)4)17-13-9-12-16-18-14-10-8-11-15-18/h7,18-19H,1,8-11,13-15,17H2,2-6H3. The van der Waals surface area contributed by atoms with E-state index < -0.39 is 8.32 Å². The van der Waals surface area contributed by atoms with Crippen LogP contribution in [0.1, 0.15) is 72.1 Å². The van der Waals surface area contributed by atoms with Crippen molar-refractivity contribution >= 4 is 8.32 Å². The molecule has 126 valence electrons. The van der Waals surface area contributed by atoms with Gasteiger partial charge in [-0.1, -0.05) is 52.0 Å². The molecule has 0 spiro atoms. The fourth-order valence-corrected chi connectivity index (χ4v) is 3.96. The summed E-state index contributed by atoms with van der Waals surface area (Å²) in [7, 11) is -1.69. The molecule has 1 nitrogen and oxygen atoms in total. The number of hydrogen-bond acceptors (Lipinski definition) is 1. The van der Waals surface area contributed by atoms with Crippen molar-refractivity contribution in [2.75, 3.05) is 0 Å². The Hall–Kier alpha value is -0.523. The molecule has 1 rings (SSSR count). The zero-order chi connectivity index (χ0) is 16.6. The maximum Gasteiger partial charge on any atom is 0.192 e. The lowest BCUT2D eigenvalue weighted by Gasteiger charge is -2.38. The molecule has 0 aromatic rings. The van der Waals surface area contributed by atoms with Gasteiger partial charge in [-0.2, -0.15) is 0 Å². The second kappa shape index (κ2) is 8.94. The molecule has 1 aliphatic rings. The van der Waals surface area contributed by atoms with Gasteiger partial charge in [0.25, 0.3) is 0 Å². The highest BCUT2D eigenvalue weighted by molar-refractivity contribution is 6.74. The normalized spacial score (nSPS) is 18.4. The summed E-state index contributed by atoms with van der Waals surface area (Å²) in [6.45, 7) is 15.4. The lowest BCUT2D eigenvalue weighted by atomic mass is 9.90. The highest BCUT2D eigenvalue weighted by Gasteiger charge is 2.38. The van der Waals surface area contributed by atoms with Crippen LogP contribution in [0, 0.1) is 17.8 Å². The molecule has 0 amide bonds. The van der Waals surface area contributed by atoms with Crippen LogP contribution in [0.2, 0.25) is 18.1 Å². The summed E-state index contributed by atoms with van der Waals surface area (Å²) in [4.78, 5) is 0. The minimum absolute atomic E-state index is 0.192. The van der Waals surface area contributed by atoms with E-state index in [0.29, 0.717) is 5.92 Å². The van der Waals surface area contributed by atoms with Gasteiger partial charge in [0.05, 0.1) is 6.10 Å². The lowest BCUT2D eigenvalue weighted by molar-refractivity contribution is 0.213. The van der Waals surface area contributed by atoms with Crippen molar-refractivity contribution in [1.29, 1.82) is 0 Å². The third-order valence-corrected chi connectivity index (χ3v) is 9.72. The van der Waals surface area contributed by atoms with Crippen LogP contribution >= 0.6 is 0 Å². The summed E-state index contributed by atoms with van der Waals surface area (Å²) in [5.74, 6) is 7.55. The van der Waals surface area contributed by atoms with Gasteiger partial charge in [0, 0.05) is 12.3 Å². The van der Waals surface area contributed by atoms with E-state index in [4.69, 9.17) is 4.43 Å². The summed E-state index contributed by atoms with van der Waals surface area (Å²) in [5, 5.41) is 0.259. The molecule has 0 aliphatic heterocycles. The maximum atomic E-state index is 6.42. The molecule has 0 saturated heterocycles. The van der Waals surface area contributed by atoms with E-state index in [2.05, 4.69) is 52.3 Å². The van der Waals surface area contributed by atoms with Gasteiger partial charge < -0.3 is 4.43 Å². The molecule has 0 heterocycles. The predicted octanol–water partition coefficient (Wildman–Crippen LogP) is 6.32. The van der Waals surface area contributed by atoms with Crippen molar-refractivity contribution < 1.29 is 4.43 Å². The van der Waals surface area contributed by atoms with Gasteiger partial charge in [0.2, 0.25) is 0 Å². The van der Waals surface area contributed by atoms with Crippen LogP contribution in [-0.4, -0.2) is 14.4 Å². The monoisotopic (exact) mass is 320 g/mol. The fourth-order valence-electron chi connectivity index (χ4n) is 2.64. The minimum Gasteiger partial charge on any atom is -0.411 e. The second-order valence-corrected chi connectivity index (χ2v) is 13.0. The van der Waals surface area contributed by atoms with Gasteiger partial charge in [0.1, 0.15) is 0 Å². The molecule has 1 atom stereocenters. The fraction of sp³-hybridized carbons (Fsp3) is 0.800. The molecular formula is C20H36OSi. The van der Waals surface area contributed by atoms with E-state index >= 15 is 0 Å². The van der Waals surface area contributed by atoms with E-state index in [1.807, 2.05) is 6.08 Å². The van der Waals surface area contributed by atoms with E-state index in [-0.39, 0.29) is 11.1 Å². The highest BCUT2D eigenvalue weighted by Crippen LogP contribution is 2.37. The SMILES string of the molecule is C=CC(CCCC#CC1CCCCC1)O[Si](C)(C)C(C)(C)C. The molecule has 0 aromatic heterocycles. The zero-order valence-electron chi connectivity index (χ0n) is 15.5. The van der Waals surface area contributed by atoms with Crippen molar-refractivity contribution in [1.82, 2.24) is 0 Å². The van der Waals surface area contributed by atoms with Gasteiger partial charge in [-0.25, -0.2) is 0 Å². The van der Waals surface area contributed by atoms with E-state index in [9.17, 15) is 0 Å². The molecule has 22 heavy (non-hydrogen) atoms. The largest absolute Gasteiger partial charge is 0.411 e. The van der Waals surface area contributed by atoms with Crippen molar-refractivity contribution in [3.8, 4) is 11.8 Å². The quantitative estimate of drug-likeness (QED) is 0.241. The lowest BCUT2D eigenvalue weighted by Crippen LogP contribution is -2.43. The third-order valence-electron chi connectivity index (χ3n) is 5.22. The van der Waals surface area contributed by atoms with Crippen molar-refractivity contribution in [3.05, 3.63) is 12.7 Å². The summed E-state index contributed by atoms with van der Waals surface area (Å²) in [5.41, 5.74) is 0. The van der Waals surface area contributed by atoms with Gasteiger partial charge in [-0.3, -0.25) is 0 Å². The molecule has 0 aromatic carbocycles. The van der Waals surface area contributed by atoms with Crippen LogP contribution in [-0.2, 0) is 4.43 Å². The van der Waals surface area contributed by atoms with Gasteiger partial charge in [-0.15, -0.1) is 12.5 Å². The molecular weight excluding hydrogens is 284 g/mol. The van der Waals surface area contributed by atoms with Crippen LogP contribution in [0.15, 0.2) is 12.7 Å². The third kappa shape index (κ3) is 6.71. The van der Waals surface area contributed by atoms with Crippen LogP contribution in [0.25, 0.3) is 0 Å². The van der Waals surface area contributed by atoms with Crippen LogP contribution in [0.5, 0.6) is 0 Å². The Morgan fingerprint density at radius 3 is 2.41 bits per heavy atom. The van der Waals surface area contributed by atoms with Gasteiger partial charge >= 0.3 is 0 Å². The van der Waals surface area contributed by atoms with E-state index in [0.717, 1.165) is 19.3 Å². The predicted molar refractivity (Wildman–Crippen MR) is 100 cm³/mol. The van der Waals surface area contributed by atoms with Crippen molar-refractivity contribution in [3.63, 3.8) is 0 Å². The first-order valence-electron chi connectivity index (χ1n) is 9.05. The Bertz CT molecular complexity index is 388. The Labute approximate surface area is 140 Å². The topological polar surface area (TPSA) is 9.23 Å². The maximum absolute atomic E-state index is 6.42. The number of hydrogen-bond donors (Lipinski definition) is 0. The number of rotatable bonds is 6. The molecule has 0 radical (unpaired) electrons. The molecule has 2 heteroatoms. The van der Waals surface area contributed by atoms with Crippen LogP contribution in [0.3, 0.4) is 0 Å². The van der Waals surface area contributed by atoms with Crippen molar-refractivity contribution in [2.45, 2.75) is 96.4 Å². The zero-order valence-corrected chi connectivity index (χ0v) is 16.5. The molecule has 1 saturated carbocycles. The van der Waals surface area contributed by atoms with Gasteiger partial charge in [0.15, 0.2) is 8.32 Å². The highest BCUT2D eigenvalue weighted by atomic mass is 28.4. The molecule has 0 bridgehead atoms. The Morgan fingerprint density at radius 2 is 1.86 bits per heavy atom. The van der Waals surface area contributed by atoms with E-state index in [1.165, 1.54) is 32.1 Å². The average molecular weight is 321 g/mol. The molecule has 1 fully saturated rings. The molecule has 0 N–H and O–H groups in total. The smallest absolute Gasteiger partial charge is 0.192 e. The first-order chi connectivity index (χ1) is 10.3. The van der Waals surface area contributed by atoms with Crippen LogP contribution < -0.4 is 0 Å². The van der Waals surface area contributed by atoms with Crippen molar-refractivity contribution in [2.24, 2.45) is 5.92 Å². The Balaban J connectivity index is 2.32. The Morgan fingerprint density at radius 1 is 1.23 bits per heavy atom. The number of unbranched alkanes of at least 4 members (excludes halogenated alkanes) is 1. The Kier molecular flexibility index (Phi) is 7.93.